The Balaban J connectivity index is 1.66. The second-order valence-electron chi connectivity index (χ2n) is 6.85. The molecular weight excluding hydrogens is 312 g/mol. The lowest BCUT2D eigenvalue weighted by molar-refractivity contribution is 0.143. The zero-order chi connectivity index (χ0) is 16.4. The molecule has 0 spiro atoms. The molecule has 0 atom stereocenters. The van der Waals surface area contributed by atoms with Crippen LogP contribution in [0.1, 0.15) is 49.9 Å². The van der Waals surface area contributed by atoms with E-state index in [9.17, 15) is 8.42 Å². The highest BCUT2D eigenvalue weighted by Crippen LogP contribution is 2.27. The first-order chi connectivity index (χ1) is 11.0. The van der Waals surface area contributed by atoms with Crippen LogP contribution >= 0.6 is 0 Å². The number of likely N-dealkylation sites (tertiary alicyclic amines) is 1. The maximum absolute atomic E-state index is 12.9. The van der Waals surface area contributed by atoms with Gasteiger partial charge in [0.1, 0.15) is 4.90 Å². The summed E-state index contributed by atoms with van der Waals surface area (Å²) in [5, 5.41) is 6.82. The Morgan fingerprint density at radius 2 is 1.61 bits per heavy atom. The van der Waals surface area contributed by atoms with Crippen molar-refractivity contribution >= 4 is 10.0 Å². The summed E-state index contributed by atoms with van der Waals surface area (Å²) in [4.78, 5) is 2.96. The number of sulfonamides is 1. The normalized spacial score (nSPS) is 23.0. The van der Waals surface area contributed by atoms with Gasteiger partial charge in [0.25, 0.3) is 0 Å². The Kier molecular flexibility index (Phi) is 5.08. The first-order valence-corrected chi connectivity index (χ1v) is 10.2. The highest BCUT2D eigenvalue weighted by molar-refractivity contribution is 7.89. The van der Waals surface area contributed by atoms with Crippen molar-refractivity contribution in [2.24, 2.45) is 0 Å². The first kappa shape index (κ1) is 16.9. The molecule has 7 heteroatoms. The molecule has 0 radical (unpaired) electrons. The Bertz CT molecular complexity index is 605. The van der Waals surface area contributed by atoms with E-state index in [0.717, 1.165) is 12.8 Å². The van der Waals surface area contributed by atoms with Crippen molar-refractivity contribution in [2.45, 2.75) is 63.3 Å². The average molecular weight is 340 g/mol. The minimum atomic E-state index is -3.42. The van der Waals surface area contributed by atoms with Crippen molar-refractivity contribution in [3.63, 3.8) is 0 Å². The second-order valence-corrected chi connectivity index (χ2v) is 8.72. The summed E-state index contributed by atoms with van der Waals surface area (Å²) in [6.07, 6.45) is 7.12. The van der Waals surface area contributed by atoms with Crippen molar-refractivity contribution in [2.75, 3.05) is 26.2 Å². The van der Waals surface area contributed by atoms with Crippen molar-refractivity contribution < 1.29 is 8.42 Å². The Hall–Kier alpha value is -0.920. The molecule has 2 aliphatic heterocycles. The SMILES string of the molecule is Cc1n[nH]c(C)c1S(=O)(=O)N1CCC(N2CCCCCC2)CC1. The molecule has 0 aliphatic carbocycles. The minimum Gasteiger partial charge on any atom is -0.300 e. The molecule has 0 amide bonds. The van der Waals surface area contributed by atoms with E-state index < -0.39 is 10.0 Å². The summed E-state index contributed by atoms with van der Waals surface area (Å²) >= 11 is 0. The Morgan fingerprint density at radius 1 is 1.00 bits per heavy atom. The zero-order valence-corrected chi connectivity index (χ0v) is 15.0. The minimum absolute atomic E-state index is 0.366. The van der Waals surface area contributed by atoms with Crippen molar-refractivity contribution in [1.82, 2.24) is 19.4 Å². The fraction of sp³-hybridized carbons (Fsp3) is 0.812. The lowest BCUT2D eigenvalue weighted by Gasteiger charge is -2.37. The van der Waals surface area contributed by atoms with E-state index in [1.54, 1.807) is 18.2 Å². The number of nitrogens with one attached hydrogen (secondary N) is 1. The molecule has 0 unspecified atom stereocenters. The van der Waals surface area contributed by atoms with Gasteiger partial charge in [-0.25, -0.2) is 8.42 Å². The highest BCUT2D eigenvalue weighted by Gasteiger charge is 2.34. The van der Waals surface area contributed by atoms with Crippen LogP contribution < -0.4 is 0 Å². The lowest BCUT2D eigenvalue weighted by Crippen LogP contribution is -2.47. The number of aromatic nitrogens is 2. The summed E-state index contributed by atoms with van der Waals surface area (Å²) in [7, 11) is -3.42. The topological polar surface area (TPSA) is 69.3 Å². The van der Waals surface area contributed by atoms with E-state index >= 15 is 0 Å². The molecule has 3 rings (SSSR count). The zero-order valence-electron chi connectivity index (χ0n) is 14.2. The molecule has 3 heterocycles. The smallest absolute Gasteiger partial charge is 0.246 e. The van der Waals surface area contributed by atoms with Crippen LogP contribution in [0.25, 0.3) is 0 Å². The van der Waals surface area contributed by atoms with Gasteiger partial charge in [0.05, 0.1) is 11.4 Å². The van der Waals surface area contributed by atoms with Crippen LogP contribution in [-0.2, 0) is 10.0 Å². The van der Waals surface area contributed by atoms with Crippen LogP contribution in [0, 0.1) is 13.8 Å². The summed E-state index contributed by atoms with van der Waals surface area (Å²) < 4.78 is 27.4. The van der Waals surface area contributed by atoms with Crippen LogP contribution in [0.5, 0.6) is 0 Å². The molecule has 0 bridgehead atoms. The monoisotopic (exact) mass is 340 g/mol. The fourth-order valence-electron chi connectivity index (χ4n) is 3.96. The van der Waals surface area contributed by atoms with Crippen molar-refractivity contribution in [3.05, 3.63) is 11.4 Å². The van der Waals surface area contributed by atoms with Crippen LogP contribution in [0.4, 0.5) is 0 Å². The lowest BCUT2D eigenvalue weighted by atomic mass is 10.0. The van der Waals surface area contributed by atoms with Gasteiger partial charge >= 0.3 is 0 Å². The first-order valence-electron chi connectivity index (χ1n) is 8.76. The van der Waals surface area contributed by atoms with Gasteiger partial charge in [0.15, 0.2) is 0 Å². The summed E-state index contributed by atoms with van der Waals surface area (Å²) in [6.45, 7) is 7.12. The molecule has 23 heavy (non-hydrogen) atoms. The van der Waals surface area contributed by atoms with E-state index in [4.69, 9.17) is 0 Å². The van der Waals surface area contributed by atoms with Crippen LogP contribution in [0.3, 0.4) is 0 Å². The van der Waals surface area contributed by atoms with Gasteiger partial charge in [-0.1, -0.05) is 12.8 Å². The van der Waals surface area contributed by atoms with Gasteiger partial charge in [0, 0.05) is 19.1 Å². The molecule has 130 valence electrons. The molecule has 2 aliphatic rings. The molecule has 0 aromatic carbocycles. The molecule has 0 saturated carbocycles. The quantitative estimate of drug-likeness (QED) is 0.914. The third-order valence-corrected chi connectivity index (χ3v) is 7.40. The summed E-state index contributed by atoms with van der Waals surface area (Å²) in [5.74, 6) is 0. The van der Waals surface area contributed by atoms with E-state index in [2.05, 4.69) is 15.1 Å². The van der Waals surface area contributed by atoms with Gasteiger partial charge in [-0.15, -0.1) is 0 Å². The van der Waals surface area contributed by atoms with E-state index in [1.165, 1.54) is 38.8 Å². The van der Waals surface area contributed by atoms with Gasteiger partial charge in [0.2, 0.25) is 10.0 Å². The maximum atomic E-state index is 12.9. The number of piperidine rings is 1. The average Bonchev–Trinajstić information content (AvgIpc) is 2.75. The number of nitrogens with zero attached hydrogens (tertiary/aromatic N) is 3. The Morgan fingerprint density at radius 3 is 2.13 bits per heavy atom. The summed E-state index contributed by atoms with van der Waals surface area (Å²) in [5.41, 5.74) is 1.20. The number of hydrogen-bond donors (Lipinski definition) is 1. The van der Waals surface area contributed by atoms with Crippen molar-refractivity contribution in [3.8, 4) is 0 Å². The van der Waals surface area contributed by atoms with Gasteiger partial charge in [-0.3, -0.25) is 5.10 Å². The number of hydrogen-bond acceptors (Lipinski definition) is 4. The largest absolute Gasteiger partial charge is 0.300 e. The maximum Gasteiger partial charge on any atom is 0.246 e. The predicted octanol–water partition coefficient (Wildman–Crippen LogP) is 2.06. The number of rotatable bonds is 3. The Labute approximate surface area is 139 Å². The van der Waals surface area contributed by atoms with Gasteiger partial charge < -0.3 is 4.90 Å². The number of aromatic amines is 1. The van der Waals surface area contributed by atoms with Gasteiger partial charge in [-0.2, -0.15) is 9.40 Å². The molecule has 6 nitrogen and oxygen atoms in total. The number of H-pyrrole nitrogens is 1. The van der Waals surface area contributed by atoms with E-state index in [0.29, 0.717) is 35.4 Å². The van der Waals surface area contributed by atoms with Gasteiger partial charge in [-0.05, 0) is 52.6 Å². The number of aryl methyl sites for hydroxylation is 2. The third kappa shape index (κ3) is 3.46. The molecule has 1 aromatic rings. The van der Waals surface area contributed by atoms with Crippen molar-refractivity contribution in [1.29, 1.82) is 0 Å². The molecule has 1 N–H and O–H groups in total. The van der Waals surface area contributed by atoms with E-state index in [-0.39, 0.29) is 0 Å². The molecule has 2 saturated heterocycles. The summed E-state index contributed by atoms with van der Waals surface area (Å²) in [6, 6.07) is 0.547. The standard InChI is InChI=1S/C16H28N4O2S/c1-13-16(14(2)18-17-13)23(21,22)20-11-7-15(8-12-20)19-9-5-3-4-6-10-19/h15H,3-12H2,1-2H3,(H,17,18). The van der Waals surface area contributed by atoms with Crippen LogP contribution in [-0.4, -0.2) is 60.0 Å². The second kappa shape index (κ2) is 6.91. The molecular formula is C16H28N4O2S. The van der Waals surface area contributed by atoms with E-state index in [1.807, 2.05) is 0 Å². The third-order valence-electron chi connectivity index (χ3n) is 5.24. The molecule has 2 fully saturated rings. The van der Waals surface area contributed by atoms with Crippen LogP contribution in [0.15, 0.2) is 4.90 Å². The predicted molar refractivity (Wildman–Crippen MR) is 89.9 cm³/mol. The molecule has 1 aromatic heterocycles. The highest BCUT2D eigenvalue weighted by atomic mass is 32.2. The van der Waals surface area contributed by atoms with Crippen LogP contribution in [0.2, 0.25) is 0 Å². The fourth-order valence-corrected chi connectivity index (χ4v) is 5.76.